The molecule has 0 spiro atoms. The first-order chi connectivity index (χ1) is 41.6. The summed E-state index contributed by atoms with van der Waals surface area (Å²) in [5.41, 5.74) is 0. The highest BCUT2D eigenvalue weighted by Crippen LogP contribution is 2.18. The monoisotopic (exact) mass is 1190 g/mol. The molecule has 0 aromatic rings. The Kier molecular flexibility index (Phi) is 62.8. The number of carboxylic acids is 1. The molecule has 9 heteroatoms. The first kappa shape index (κ1) is 81.0. The van der Waals surface area contributed by atoms with E-state index in [1.165, 1.54) is 161 Å². The van der Waals surface area contributed by atoms with Gasteiger partial charge in [0.05, 0.1) is 34.4 Å². The molecule has 9 nitrogen and oxygen atoms in total. The minimum absolute atomic E-state index is 0.183. The normalized spacial score (nSPS) is 13.4. The average molecular weight is 1190 g/mol. The third-order valence-electron chi connectivity index (χ3n) is 15.0. The highest BCUT2D eigenvalue weighted by Gasteiger charge is 2.25. The van der Waals surface area contributed by atoms with Crippen molar-refractivity contribution in [3.8, 4) is 0 Å². The summed E-state index contributed by atoms with van der Waals surface area (Å²) in [7, 11) is 5.97. The quantitative estimate of drug-likeness (QED) is 0.0211. The van der Waals surface area contributed by atoms with Gasteiger partial charge in [-0.25, -0.2) is 4.79 Å². The van der Waals surface area contributed by atoms with Crippen molar-refractivity contribution in [2.75, 3.05) is 47.5 Å². The maximum absolute atomic E-state index is 12.9. The van der Waals surface area contributed by atoms with Crippen molar-refractivity contribution in [3.63, 3.8) is 0 Å². The number of allylic oxidation sites excluding steroid dienone is 18. The Morgan fingerprint density at radius 1 is 0.353 bits per heavy atom. The second kappa shape index (κ2) is 65.9. The highest BCUT2D eigenvalue weighted by atomic mass is 16.7. The molecule has 0 aromatic heterocycles. The van der Waals surface area contributed by atoms with Crippen LogP contribution < -0.4 is 0 Å². The number of carbonyl (C=O) groups excluding carboxylic acids is 2. The third kappa shape index (κ3) is 67.3. The molecule has 0 amide bonds. The number of esters is 2. The number of aliphatic carboxylic acids is 1. The van der Waals surface area contributed by atoms with Gasteiger partial charge in [0.25, 0.3) is 6.29 Å². The van der Waals surface area contributed by atoms with Crippen LogP contribution in [0.3, 0.4) is 0 Å². The second-order valence-corrected chi connectivity index (χ2v) is 24.4. The van der Waals surface area contributed by atoms with Crippen molar-refractivity contribution >= 4 is 17.9 Å². The summed E-state index contributed by atoms with van der Waals surface area (Å²) in [6.07, 6.45) is 89.3. The summed E-state index contributed by atoms with van der Waals surface area (Å²) in [6, 6.07) is 0. The van der Waals surface area contributed by atoms with Crippen molar-refractivity contribution < 1.29 is 42.9 Å². The minimum Gasteiger partial charge on any atom is -0.477 e. The Labute approximate surface area is 524 Å². The van der Waals surface area contributed by atoms with E-state index >= 15 is 0 Å². The first-order valence-electron chi connectivity index (χ1n) is 35.1. The molecular weight excluding hydrogens is 1050 g/mol. The van der Waals surface area contributed by atoms with Crippen LogP contribution in [0.1, 0.15) is 296 Å². The van der Waals surface area contributed by atoms with Gasteiger partial charge in [0.15, 0.2) is 6.10 Å². The van der Waals surface area contributed by atoms with Crippen LogP contribution in [0.4, 0.5) is 0 Å². The molecule has 0 radical (unpaired) electrons. The maximum Gasteiger partial charge on any atom is 0.361 e. The lowest BCUT2D eigenvalue weighted by Gasteiger charge is -2.25. The smallest absolute Gasteiger partial charge is 0.361 e. The second-order valence-electron chi connectivity index (χ2n) is 24.4. The predicted molar refractivity (Wildman–Crippen MR) is 364 cm³/mol. The zero-order valence-corrected chi connectivity index (χ0v) is 55.7. The number of ether oxygens (including phenoxy) is 4. The van der Waals surface area contributed by atoms with Crippen LogP contribution in [-0.2, 0) is 33.3 Å². The number of hydrogen-bond donors (Lipinski definition) is 1. The SMILES string of the molecule is CC/C=C\C/C=C\C/C=C\C/C=C\C/C=C\CCCCCCCCCCCCCCCCCCCCCCCCCCCC(=O)OC(COC(=O)CCCCCCCC/C=C\C/C=C\C/C=C\C/C=C\CC)COC(OCC[N+](C)(C)C)C(=O)O. The van der Waals surface area contributed by atoms with E-state index in [1.807, 2.05) is 21.1 Å². The van der Waals surface area contributed by atoms with Crippen LogP contribution in [-0.4, -0.2) is 87.4 Å². The van der Waals surface area contributed by atoms with E-state index in [1.54, 1.807) is 0 Å². The van der Waals surface area contributed by atoms with Gasteiger partial charge >= 0.3 is 17.9 Å². The number of likely N-dealkylation sites (N-methyl/N-ethyl adjacent to an activating group) is 1. The topological polar surface area (TPSA) is 108 Å². The molecule has 0 aliphatic carbocycles. The highest BCUT2D eigenvalue weighted by molar-refractivity contribution is 5.71. The third-order valence-corrected chi connectivity index (χ3v) is 15.0. The van der Waals surface area contributed by atoms with Crippen molar-refractivity contribution in [1.82, 2.24) is 0 Å². The lowest BCUT2D eigenvalue weighted by molar-refractivity contribution is -0.870. The number of carbonyl (C=O) groups is 3. The predicted octanol–water partition coefficient (Wildman–Crippen LogP) is 21.8. The summed E-state index contributed by atoms with van der Waals surface area (Å²) < 4.78 is 22.9. The van der Waals surface area contributed by atoms with E-state index < -0.39 is 24.3 Å². The molecular formula is C76H132NO8+. The van der Waals surface area contributed by atoms with Crippen molar-refractivity contribution in [3.05, 3.63) is 109 Å². The molecule has 0 saturated heterocycles. The lowest BCUT2D eigenvalue weighted by atomic mass is 10.0. The standard InChI is InChI=1S/C76H131NO8/c1-6-8-10-12-14-16-18-20-22-24-26-27-28-29-30-31-32-33-34-35-36-37-38-39-40-41-42-43-44-45-46-47-49-51-53-55-57-59-61-63-65-67-74(79)85-72(71-84-76(75(80)81)82-69-68-77(3,4)5)70-83-73(78)66-64-62-60-58-56-54-52-50-48-25-23-21-19-17-15-13-11-9-7-2/h8-11,14-17,20-23,26-27,29-30,48,50,72,76H,6-7,12-13,18-19,24-25,28,31-47,49,51-71H2,1-5H3/p+1/b10-8-,11-9-,16-14-,17-15-,22-20-,23-21-,27-26-,30-29-,50-48-. The summed E-state index contributed by atoms with van der Waals surface area (Å²) >= 11 is 0. The number of quaternary nitrogens is 1. The molecule has 0 saturated carbocycles. The molecule has 0 heterocycles. The van der Waals surface area contributed by atoms with Gasteiger partial charge in [0, 0.05) is 12.8 Å². The van der Waals surface area contributed by atoms with Crippen LogP contribution in [0.15, 0.2) is 109 Å². The van der Waals surface area contributed by atoms with Gasteiger partial charge in [0.2, 0.25) is 0 Å². The molecule has 1 N–H and O–H groups in total. The van der Waals surface area contributed by atoms with Gasteiger partial charge in [-0.15, -0.1) is 0 Å². The number of carboxylic acid groups (broad SMARTS) is 1. The number of unbranched alkanes of at least 4 members (excludes halogenated alkanes) is 31. The Balaban J connectivity index is 3.99. The van der Waals surface area contributed by atoms with Crippen LogP contribution in [0.25, 0.3) is 0 Å². The molecule has 0 rings (SSSR count). The first-order valence-corrected chi connectivity index (χ1v) is 35.1. The fourth-order valence-electron chi connectivity index (χ4n) is 9.74. The molecule has 0 fully saturated rings. The fraction of sp³-hybridized carbons (Fsp3) is 0.724. The number of hydrogen-bond acceptors (Lipinski definition) is 7. The molecule has 0 bridgehead atoms. The Morgan fingerprint density at radius 3 is 0.941 bits per heavy atom. The summed E-state index contributed by atoms with van der Waals surface area (Å²) in [5.74, 6) is -2.02. The van der Waals surface area contributed by atoms with Crippen LogP contribution in [0.5, 0.6) is 0 Å². The maximum atomic E-state index is 12.9. The molecule has 2 atom stereocenters. The molecule has 85 heavy (non-hydrogen) atoms. The van der Waals surface area contributed by atoms with E-state index in [-0.39, 0.29) is 38.6 Å². The molecule has 0 aliphatic rings. The van der Waals surface area contributed by atoms with Crippen molar-refractivity contribution in [1.29, 1.82) is 0 Å². The van der Waals surface area contributed by atoms with Crippen molar-refractivity contribution in [2.45, 2.75) is 309 Å². The van der Waals surface area contributed by atoms with Crippen LogP contribution in [0, 0.1) is 0 Å². The van der Waals surface area contributed by atoms with E-state index in [4.69, 9.17) is 18.9 Å². The zero-order valence-electron chi connectivity index (χ0n) is 55.7. The van der Waals surface area contributed by atoms with E-state index in [0.29, 0.717) is 11.0 Å². The zero-order chi connectivity index (χ0) is 61.9. The minimum atomic E-state index is -1.52. The molecule has 488 valence electrons. The van der Waals surface area contributed by atoms with Crippen molar-refractivity contribution in [2.24, 2.45) is 0 Å². The van der Waals surface area contributed by atoms with Gasteiger partial charge in [-0.05, 0) is 96.3 Å². The summed E-state index contributed by atoms with van der Waals surface area (Å²) in [6.45, 7) is 4.65. The summed E-state index contributed by atoms with van der Waals surface area (Å²) in [5, 5.41) is 9.73. The van der Waals surface area contributed by atoms with E-state index in [9.17, 15) is 19.5 Å². The number of nitrogens with zero attached hydrogens (tertiary/aromatic N) is 1. The Morgan fingerprint density at radius 2 is 0.635 bits per heavy atom. The molecule has 0 aliphatic heterocycles. The van der Waals surface area contributed by atoms with Gasteiger partial charge in [-0.2, -0.15) is 0 Å². The van der Waals surface area contributed by atoms with Gasteiger partial charge in [0.1, 0.15) is 13.2 Å². The molecule has 0 aromatic carbocycles. The fourth-order valence-corrected chi connectivity index (χ4v) is 9.74. The Bertz CT molecular complexity index is 1760. The Hall–Kier alpha value is -4.05. The van der Waals surface area contributed by atoms with Gasteiger partial charge in [-0.1, -0.05) is 297 Å². The number of rotatable bonds is 64. The van der Waals surface area contributed by atoms with Crippen LogP contribution >= 0.6 is 0 Å². The van der Waals surface area contributed by atoms with E-state index in [2.05, 4.69) is 123 Å². The van der Waals surface area contributed by atoms with Crippen LogP contribution in [0.2, 0.25) is 0 Å². The average Bonchev–Trinajstić information content (AvgIpc) is 3.49. The largest absolute Gasteiger partial charge is 0.477 e. The van der Waals surface area contributed by atoms with Gasteiger partial charge < -0.3 is 28.5 Å². The van der Waals surface area contributed by atoms with E-state index in [0.717, 1.165) is 109 Å². The molecule has 2 unspecified atom stereocenters. The summed E-state index contributed by atoms with van der Waals surface area (Å²) in [4.78, 5) is 37.6. The lowest BCUT2D eigenvalue weighted by Crippen LogP contribution is -2.40. The van der Waals surface area contributed by atoms with Gasteiger partial charge in [-0.3, -0.25) is 9.59 Å².